The van der Waals surface area contributed by atoms with Crippen molar-refractivity contribution in [1.29, 1.82) is 0 Å². The van der Waals surface area contributed by atoms with Crippen LogP contribution < -0.4 is 0 Å². The zero-order valence-electron chi connectivity index (χ0n) is 33.5. The van der Waals surface area contributed by atoms with Crippen LogP contribution in [-0.4, -0.2) is 10.3 Å². The van der Waals surface area contributed by atoms with Gasteiger partial charge in [0, 0.05) is 31.8 Å². The summed E-state index contributed by atoms with van der Waals surface area (Å²) in [7, 11) is 0. The highest BCUT2D eigenvalue weighted by molar-refractivity contribution is 8.05. The van der Waals surface area contributed by atoms with Gasteiger partial charge in [0.05, 0.1) is 22.4 Å². The molecule has 1 aliphatic heterocycles. The van der Waals surface area contributed by atoms with E-state index in [0.29, 0.717) is 0 Å². The monoisotopic (exact) mass is 766 g/mol. The lowest BCUT2D eigenvalue weighted by atomic mass is 9.97. The first-order valence-corrected chi connectivity index (χ1v) is 20.8. The molecule has 10 rings (SSSR count). The van der Waals surface area contributed by atoms with E-state index >= 15 is 0 Å². The molecule has 1 aliphatic rings. The van der Waals surface area contributed by atoms with Crippen LogP contribution in [0.3, 0.4) is 0 Å². The van der Waals surface area contributed by atoms with Crippen molar-refractivity contribution in [2.24, 2.45) is 4.99 Å². The van der Waals surface area contributed by atoms with Crippen molar-refractivity contribution in [3.05, 3.63) is 228 Å². The molecule has 0 unspecified atom stereocenters. The maximum atomic E-state index is 5.08. The highest BCUT2D eigenvalue weighted by atomic mass is 32.2. The van der Waals surface area contributed by atoms with Gasteiger partial charge in [-0.2, -0.15) is 0 Å². The molecular weight excluding hydrogens is 721 g/mol. The largest absolute Gasteiger partial charge is 0.309 e. The highest BCUT2D eigenvalue weighted by Crippen LogP contribution is 2.46. The van der Waals surface area contributed by atoms with E-state index in [-0.39, 0.29) is 0 Å². The highest BCUT2D eigenvalue weighted by Gasteiger charge is 2.28. The smallest absolute Gasteiger partial charge is 0.0862 e. The summed E-state index contributed by atoms with van der Waals surface area (Å²) in [5, 5.41) is 5.15. The van der Waals surface area contributed by atoms with E-state index in [1.807, 2.05) is 43.8 Å². The lowest BCUT2D eigenvalue weighted by molar-refractivity contribution is 1.19. The van der Waals surface area contributed by atoms with Gasteiger partial charge in [0.25, 0.3) is 0 Å². The number of hydrogen-bond donors (Lipinski definition) is 0. The van der Waals surface area contributed by atoms with Gasteiger partial charge in [-0.05, 0) is 88.3 Å². The first-order chi connectivity index (χ1) is 28.5. The van der Waals surface area contributed by atoms with Crippen LogP contribution in [0.5, 0.6) is 0 Å². The van der Waals surface area contributed by atoms with Crippen molar-refractivity contribution in [3.63, 3.8) is 0 Å². The summed E-state index contributed by atoms with van der Waals surface area (Å²) in [6.45, 7) is 12.7. The average molecular weight is 767 g/mol. The van der Waals surface area contributed by atoms with Crippen LogP contribution >= 0.6 is 11.8 Å². The molecule has 0 spiro atoms. The Morgan fingerprint density at radius 2 is 1.10 bits per heavy atom. The molecule has 2 heterocycles. The lowest BCUT2D eigenvalue weighted by Gasteiger charge is -2.11. The molecule has 9 aromatic rings. The molecule has 8 aromatic carbocycles. The normalized spacial score (nSPS) is 13.4. The number of aryl methyl sites for hydroxylation is 1. The molecule has 0 saturated carbocycles. The molecule has 0 saturated heterocycles. The fourth-order valence-corrected chi connectivity index (χ4v) is 8.88. The van der Waals surface area contributed by atoms with Crippen molar-refractivity contribution >= 4 is 61.3 Å². The predicted octanol–water partition coefficient (Wildman–Crippen LogP) is 15.6. The first kappa shape index (κ1) is 38.2. The number of nitrogens with zero attached hydrogens (tertiary/aromatic N) is 2. The van der Waals surface area contributed by atoms with Crippen LogP contribution in [0.2, 0.25) is 0 Å². The van der Waals surface area contributed by atoms with Crippen molar-refractivity contribution in [2.45, 2.75) is 32.6 Å². The summed E-state index contributed by atoms with van der Waals surface area (Å²) in [6, 6.07) is 68.4. The Balaban J connectivity index is 0.000000164. The lowest BCUT2D eigenvalue weighted by Crippen LogP contribution is -2.01. The van der Waals surface area contributed by atoms with E-state index < -0.39 is 0 Å². The summed E-state index contributed by atoms with van der Waals surface area (Å²) in [6.07, 6.45) is 0. The van der Waals surface area contributed by atoms with E-state index in [1.165, 1.54) is 81.5 Å². The van der Waals surface area contributed by atoms with Gasteiger partial charge >= 0.3 is 0 Å². The van der Waals surface area contributed by atoms with Crippen LogP contribution in [0.15, 0.2) is 215 Å². The Morgan fingerprint density at radius 1 is 0.534 bits per heavy atom. The zero-order valence-corrected chi connectivity index (χ0v) is 34.3. The molecule has 0 atom stereocenters. The van der Waals surface area contributed by atoms with Gasteiger partial charge in [-0.1, -0.05) is 196 Å². The maximum Gasteiger partial charge on any atom is 0.0862 e. The summed E-state index contributed by atoms with van der Waals surface area (Å²) in [5.74, 6) is 0. The van der Waals surface area contributed by atoms with E-state index in [4.69, 9.17) is 4.99 Å². The SMILES string of the molecule is C=C(N=C1/C(=C(\C)c2cccc(-c3ccccc3)c2)Sc2c(C)cccc21)c1ccccc1.CC.c1ccc2cc(-n3c4ccccc4c4ccccc43)ccc2c1. The van der Waals surface area contributed by atoms with Crippen molar-refractivity contribution in [1.82, 2.24) is 4.57 Å². The van der Waals surface area contributed by atoms with Gasteiger partial charge in [0.1, 0.15) is 0 Å². The van der Waals surface area contributed by atoms with Crippen molar-refractivity contribution in [3.8, 4) is 16.8 Å². The Labute approximate surface area is 346 Å². The van der Waals surface area contributed by atoms with Crippen LogP contribution in [-0.2, 0) is 0 Å². The Kier molecular flexibility index (Phi) is 11.3. The molecule has 0 aliphatic carbocycles. The zero-order chi connectivity index (χ0) is 40.0. The average Bonchev–Trinajstić information content (AvgIpc) is 3.84. The third-order valence-electron chi connectivity index (χ3n) is 10.6. The Bertz CT molecular complexity index is 2910. The van der Waals surface area contributed by atoms with Gasteiger partial charge in [0.15, 0.2) is 0 Å². The van der Waals surface area contributed by atoms with Crippen LogP contribution in [0, 0.1) is 6.92 Å². The molecule has 3 heteroatoms. The predicted molar refractivity (Wildman–Crippen MR) is 253 cm³/mol. The third kappa shape index (κ3) is 7.57. The van der Waals surface area contributed by atoms with Gasteiger partial charge in [-0.3, -0.25) is 0 Å². The number of rotatable bonds is 5. The van der Waals surface area contributed by atoms with Gasteiger partial charge in [0.2, 0.25) is 0 Å². The number of thioether (sulfide) groups is 1. The molecule has 0 radical (unpaired) electrons. The number of benzene rings is 8. The topological polar surface area (TPSA) is 17.3 Å². The number of aromatic nitrogens is 1. The molecule has 0 amide bonds. The summed E-state index contributed by atoms with van der Waals surface area (Å²) in [5.41, 5.74) is 13.9. The quantitative estimate of drug-likeness (QED) is 0.171. The molecule has 58 heavy (non-hydrogen) atoms. The summed E-state index contributed by atoms with van der Waals surface area (Å²) < 4.78 is 2.36. The standard InChI is InChI=1S/C31H25NS.C22H15N.C2H6/c1-21-12-10-19-28-29(32-23(3)24-13-6-4-7-14-24)31(33-30(21)28)22(2)26-17-11-18-27(20-26)25-15-8-5-9-16-25;1-2-8-17-15-18(14-13-16(17)7-1)23-21-11-5-3-9-19(21)20-10-4-6-12-22(20)23;1-2/h4-20H,3H2,1-2H3;1-15H;1-2H3/b31-22-,32-29?;;. The van der Waals surface area contributed by atoms with Gasteiger partial charge in [-0.25, -0.2) is 4.99 Å². The molecule has 2 nitrogen and oxygen atoms in total. The summed E-state index contributed by atoms with van der Waals surface area (Å²) >= 11 is 1.82. The molecule has 0 bridgehead atoms. The van der Waals surface area contributed by atoms with Crippen LogP contribution in [0.1, 0.15) is 43.0 Å². The van der Waals surface area contributed by atoms with E-state index in [0.717, 1.165) is 17.0 Å². The fraction of sp³-hybridized carbons (Fsp3) is 0.0727. The van der Waals surface area contributed by atoms with Gasteiger partial charge < -0.3 is 4.57 Å². The minimum atomic E-state index is 0.781. The third-order valence-corrected chi connectivity index (χ3v) is 12.0. The number of aliphatic imine (C=N–C) groups is 1. The summed E-state index contributed by atoms with van der Waals surface area (Å²) in [4.78, 5) is 7.56. The van der Waals surface area contributed by atoms with Crippen LogP contribution in [0.4, 0.5) is 0 Å². The van der Waals surface area contributed by atoms with Crippen LogP contribution in [0.25, 0.3) is 60.7 Å². The molecule has 1 aromatic heterocycles. The molecular formula is C55H46N2S. The number of fused-ring (bicyclic) bond motifs is 5. The molecule has 0 fully saturated rings. The van der Waals surface area contributed by atoms with Crippen molar-refractivity contribution < 1.29 is 0 Å². The van der Waals surface area contributed by atoms with E-state index in [2.05, 4.69) is 201 Å². The number of allylic oxidation sites excluding steroid dienone is 2. The first-order valence-electron chi connectivity index (χ1n) is 20.0. The second-order valence-electron chi connectivity index (χ2n) is 14.1. The second kappa shape index (κ2) is 17.2. The molecule has 282 valence electrons. The van der Waals surface area contributed by atoms with E-state index in [1.54, 1.807) is 0 Å². The van der Waals surface area contributed by atoms with E-state index in [9.17, 15) is 0 Å². The number of hydrogen-bond acceptors (Lipinski definition) is 2. The minimum Gasteiger partial charge on any atom is -0.309 e. The Hall–Kier alpha value is -6.68. The fourth-order valence-electron chi connectivity index (χ4n) is 7.65. The van der Waals surface area contributed by atoms with Crippen molar-refractivity contribution in [2.75, 3.05) is 0 Å². The van der Waals surface area contributed by atoms with Gasteiger partial charge in [-0.15, -0.1) is 0 Å². The Morgan fingerprint density at radius 3 is 1.81 bits per heavy atom. The minimum absolute atomic E-state index is 0.781. The molecule has 0 N–H and O–H groups in total. The maximum absolute atomic E-state index is 5.08. The second-order valence-corrected chi connectivity index (χ2v) is 15.1. The number of para-hydroxylation sites is 2.